The zero-order valence-corrected chi connectivity index (χ0v) is 12.2. The number of halogens is 1. The largest absolute Gasteiger partial charge is 0.237 e. The number of hydrogen-bond acceptors (Lipinski definition) is 3. The SMILES string of the molecule is Clc1nc(CSc2ccccc2)nc2c1CCCC2. The number of fused-ring (bicyclic) bond motifs is 1. The van der Waals surface area contributed by atoms with Crippen molar-refractivity contribution in [1.29, 1.82) is 0 Å². The van der Waals surface area contributed by atoms with Crippen molar-refractivity contribution in [2.24, 2.45) is 0 Å². The second-order valence-corrected chi connectivity index (χ2v) is 6.07. The number of nitrogens with zero attached hydrogens (tertiary/aromatic N) is 2. The maximum atomic E-state index is 6.27. The van der Waals surface area contributed by atoms with E-state index in [1.54, 1.807) is 11.8 Å². The van der Waals surface area contributed by atoms with Gasteiger partial charge in [-0.1, -0.05) is 29.8 Å². The summed E-state index contributed by atoms with van der Waals surface area (Å²) in [6.45, 7) is 0. The van der Waals surface area contributed by atoms with E-state index in [1.165, 1.54) is 23.3 Å². The molecule has 0 saturated heterocycles. The number of aromatic nitrogens is 2. The Labute approximate surface area is 122 Å². The Hall–Kier alpha value is -1.06. The van der Waals surface area contributed by atoms with Crippen LogP contribution in [0.15, 0.2) is 35.2 Å². The van der Waals surface area contributed by atoms with Crippen LogP contribution in [0.3, 0.4) is 0 Å². The zero-order chi connectivity index (χ0) is 13.1. The van der Waals surface area contributed by atoms with E-state index >= 15 is 0 Å². The molecule has 1 aliphatic rings. The molecule has 0 aliphatic heterocycles. The molecule has 0 bridgehead atoms. The quantitative estimate of drug-likeness (QED) is 0.622. The van der Waals surface area contributed by atoms with Crippen molar-refractivity contribution in [3.05, 3.63) is 52.6 Å². The minimum Gasteiger partial charge on any atom is -0.237 e. The fraction of sp³-hybridized carbons (Fsp3) is 0.333. The van der Waals surface area contributed by atoms with Crippen LogP contribution in [0.4, 0.5) is 0 Å². The van der Waals surface area contributed by atoms with Gasteiger partial charge >= 0.3 is 0 Å². The molecular formula is C15H15ClN2S. The monoisotopic (exact) mass is 290 g/mol. The van der Waals surface area contributed by atoms with Gasteiger partial charge in [0.25, 0.3) is 0 Å². The Morgan fingerprint density at radius 3 is 2.68 bits per heavy atom. The molecule has 3 rings (SSSR count). The first kappa shape index (κ1) is 12.9. The normalized spacial score (nSPS) is 14.2. The van der Waals surface area contributed by atoms with E-state index in [1.807, 2.05) is 18.2 Å². The summed E-state index contributed by atoms with van der Waals surface area (Å²) in [6.07, 6.45) is 4.49. The van der Waals surface area contributed by atoms with Gasteiger partial charge in [-0.15, -0.1) is 11.8 Å². The third-order valence-electron chi connectivity index (χ3n) is 3.29. The molecule has 0 spiro atoms. The van der Waals surface area contributed by atoms with Crippen molar-refractivity contribution in [3.63, 3.8) is 0 Å². The lowest BCUT2D eigenvalue weighted by Gasteiger charge is -2.16. The maximum absolute atomic E-state index is 6.27. The maximum Gasteiger partial charge on any atom is 0.140 e. The van der Waals surface area contributed by atoms with E-state index in [9.17, 15) is 0 Å². The van der Waals surface area contributed by atoms with Crippen LogP contribution in [-0.2, 0) is 18.6 Å². The average molecular weight is 291 g/mol. The van der Waals surface area contributed by atoms with E-state index in [4.69, 9.17) is 11.6 Å². The third kappa shape index (κ3) is 3.10. The van der Waals surface area contributed by atoms with Gasteiger partial charge in [-0.2, -0.15) is 0 Å². The zero-order valence-electron chi connectivity index (χ0n) is 10.6. The third-order valence-corrected chi connectivity index (χ3v) is 4.61. The Kier molecular flexibility index (Phi) is 4.04. The molecule has 0 radical (unpaired) electrons. The van der Waals surface area contributed by atoms with Gasteiger partial charge in [-0.05, 0) is 37.8 Å². The smallest absolute Gasteiger partial charge is 0.140 e. The molecule has 2 aromatic rings. The minimum atomic E-state index is 0.661. The van der Waals surface area contributed by atoms with Crippen LogP contribution in [0, 0.1) is 0 Å². The molecule has 0 atom stereocenters. The predicted octanol–water partition coefficient (Wildman–Crippen LogP) is 4.30. The predicted molar refractivity (Wildman–Crippen MR) is 79.7 cm³/mol. The van der Waals surface area contributed by atoms with Crippen molar-refractivity contribution < 1.29 is 0 Å². The van der Waals surface area contributed by atoms with Crippen molar-refractivity contribution in [1.82, 2.24) is 9.97 Å². The molecule has 19 heavy (non-hydrogen) atoms. The lowest BCUT2D eigenvalue weighted by Crippen LogP contribution is -2.10. The highest BCUT2D eigenvalue weighted by Crippen LogP contribution is 2.27. The van der Waals surface area contributed by atoms with Gasteiger partial charge in [-0.3, -0.25) is 0 Å². The molecule has 0 amide bonds. The first-order chi connectivity index (χ1) is 9.33. The highest BCUT2D eigenvalue weighted by molar-refractivity contribution is 7.98. The van der Waals surface area contributed by atoms with Crippen LogP contribution in [0.5, 0.6) is 0 Å². The van der Waals surface area contributed by atoms with E-state index in [0.29, 0.717) is 5.15 Å². The second kappa shape index (κ2) is 5.93. The lowest BCUT2D eigenvalue weighted by atomic mass is 9.97. The van der Waals surface area contributed by atoms with Gasteiger partial charge in [0.1, 0.15) is 11.0 Å². The van der Waals surface area contributed by atoms with Crippen molar-refractivity contribution >= 4 is 23.4 Å². The molecule has 0 unspecified atom stereocenters. The molecule has 4 heteroatoms. The number of benzene rings is 1. The summed E-state index contributed by atoms with van der Waals surface area (Å²) in [7, 11) is 0. The van der Waals surface area contributed by atoms with E-state index in [-0.39, 0.29) is 0 Å². The van der Waals surface area contributed by atoms with E-state index < -0.39 is 0 Å². The number of hydrogen-bond donors (Lipinski definition) is 0. The molecule has 1 aromatic heterocycles. The first-order valence-corrected chi connectivity index (χ1v) is 7.91. The molecule has 2 nitrogen and oxygen atoms in total. The Morgan fingerprint density at radius 1 is 1.05 bits per heavy atom. The van der Waals surface area contributed by atoms with Crippen LogP contribution in [0.1, 0.15) is 29.9 Å². The molecular weight excluding hydrogens is 276 g/mol. The topological polar surface area (TPSA) is 25.8 Å². The Bertz CT molecular complexity index is 572. The standard InChI is InChI=1S/C15H15ClN2S/c16-15-12-8-4-5-9-13(12)17-14(18-15)10-19-11-6-2-1-3-7-11/h1-3,6-7H,4-5,8-10H2. The van der Waals surface area contributed by atoms with Gasteiger partial charge < -0.3 is 0 Å². The molecule has 0 saturated carbocycles. The molecule has 0 fully saturated rings. The van der Waals surface area contributed by atoms with Crippen LogP contribution >= 0.6 is 23.4 Å². The second-order valence-electron chi connectivity index (χ2n) is 4.66. The summed E-state index contributed by atoms with van der Waals surface area (Å²) in [5.41, 5.74) is 2.33. The minimum absolute atomic E-state index is 0.661. The van der Waals surface area contributed by atoms with Gasteiger partial charge in [0, 0.05) is 16.2 Å². The Morgan fingerprint density at radius 2 is 1.84 bits per heavy atom. The molecule has 1 aromatic carbocycles. The van der Waals surface area contributed by atoms with Crippen molar-refractivity contribution in [2.75, 3.05) is 0 Å². The summed E-state index contributed by atoms with van der Waals surface area (Å²) in [6, 6.07) is 10.3. The van der Waals surface area contributed by atoms with Gasteiger partial charge in [-0.25, -0.2) is 9.97 Å². The number of thioether (sulfide) groups is 1. The number of aryl methyl sites for hydroxylation is 1. The summed E-state index contributed by atoms with van der Waals surface area (Å²) < 4.78 is 0. The number of rotatable bonds is 3. The first-order valence-electron chi connectivity index (χ1n) is 6.55. The van der Waals surface area contributed by atoms with Crippen LogP contribution in [-0.4, -0.2) is 9.97 Å². The summed E-state index contributed by atoms with van der Waals surface area (Å²) in [4.78, 5) is 10.3. The molecule has 1 aliphatic carbocycles. The van der Waals surface area contributed by atoms with Crippen LogP contribution in [0.25, 0.3) is 0 Å². The lowest BCUT2D eigenvalue weighted by molar-refractivity contribution is 0.657. The van der Waals surface area contributed by atoms with Crippen molar-refractivity contribution in [3.8, 4) is 0 Å². The summed E-state index contributed by atoms with van der Waals surface area (Å²) in [5.74, 6) is 1.62. The van der Waals surface area contributed by atoms with Gasteiger partial charge in [0.2, 0.25) is 0 Å². The van der Waals surface area contributed by atoms with E-state index in [0.717, 1.165) is 30.1 Å². The highest BCUT2D eigenvalue weighted by Gasteiger charge is 2.16. The highest BCUT2D eigenvalue weighted by atomic mass is 35.5. The fourth-order valence-corrected chi connectivity index (χ4v) is 3.40. The summed E-state index contributed by atoms with van der Waals surface area (Å²) in [5, 5.41) is 0.661. The summed E-state index contributed by atoms with van der Waals surface area (Å²) >= 11 is 8.02. The van der Waals surface area contributed by atoms with E-state index in [2.05, 4.69) is 22.1 Å². The molecule has 98 valence electrons. The average Bonchev–Trinajstić information content (AvgIpc) is 2.46. The van der Waals surface area contributed by atoms with Crippen LogP contribution < -0.4 is 0 Å². The fourth-order valence-electron chi connectivity index (χ4n) is 2.33. The Balaban J connectivity index is 1.76. The van der Waals surface area contributed by atoms with Gasteiger partial charge in [0.05, 0.1) is 5.75 Å². The molecule has 0 N–H and O–H groups in total. The van der Waals surface area contributed by atoms with Crippen molar-refractivity contribution in [2.45, 2.75) is 36.3 Å². The van der Waals surface area contributed by atoms with Gasteiger partial charge in [0.15, 0.2) is 0 Å². The molecule has 1 heterocycles. The van der Waals surface area contributed by atoms with Crippen LogP contribution in [0.2, 0.25) is 5.15 Å².